The van der Waals surface area contributed by atoms with Gasteiger partial charge in [0.1, 0.15) is 11.4 Å². The van der Waals surface area contributed by atoms with E-state index in [2.05, 4.69) is 9.97 Å². The summed E-state index contributed by atoms with van der Waals surface area (Å²) in [5.41, 5.74) is 1.22. The maximum Gasteiger partial charge on any atom is 0.135 e. The summed E-state index contributed by atoms with van der Waals surface area (Å²) in [5.74, 6) is 0.762. The lowest BCUT2D eigenvalue weighted by Gasteiger charge is -2.31. The Morgan fingerprint density at radius 3 is 2.71 bits per heavy atom. The second-order valence-electron chi connectivity index (χ2n) is 5.43. The highest BCUT2D eigenvalue weighted by Crippen LogP contribution is 2.37. The smallest absolute Gasteiger partial charge is 0.135 e. The van der Waals surface area contributed by atoms with Gasteiger partial charge in [-0.3, -0.25) is 0 Å². The first-order valence-electron chi connectivity index (χ1n) is 6.98. The molecule has 2 N–H and O–H groups in total. The third-order valence-electron chi connectivity index (χ3n) is 3.83. The van der Waals surface area contributed by atoms with Crippen molar-refractivity contribution in [2.24, 2.45) is 5.92 Å². The summed E-state index contributed by atoms with van der Waals surface area (Å²) < 4.78 is 5.43. The molecule has 0 amide bonds. The zero-order chi connectivity index (χ0) is 14.9. The third kappa shape index (κ3) is 2.28. The van der Waals surface area contributed by atoms with Gasteiger partial charge in [0.15, 0.2) is 0 Å². The van der Waals surface area contributed by atoms with E-state index in [1.54, 1.807) is 18.8 Å². The summed E-state index contributed by atoms with van der Waals surface area (Å²) >= 11 is 0. The van der Waals surface area contributed by atoms with Gasteiger partial charge in [-0.2, -0.15) is 0 Å². The topological polar surface area (TPSA) is 62.1 Å². The van der Waals surface area contributed by atoms with Gasteiger partial charge in [-0.25, -0.2) is 4.98 Å². The molecule has 0 fully saturated rings. The zero-order valence-corrected chi connectivity index (χ0v) is 12.1. The van der Waals surface area contributed by atoms with Crippen molar-refractivity contribution in [3.05, 3.63) is 66.4 Å². The van der Waals surface area contributed by atoms with Crippen molar-refractivity contribution >= 4 is 0 Å². The maximum atomic E-state index is 11.2. The molecule has 0 saturated heterocycles. The molecule has 1 aromatic carbocycles. The third-order valence-corrected chi connectivity index (χ3v) is 3.83. The van der Waals surface area contributed by atoms with Crippen LogP contribution in [0.3, 0.4) is 0 Å². The van der Waals surface area contributed by atoms with E-state index in [1.807, 2.05) is 50.2 Å². The van der Waals surface area contributed by atoms with Crippen molar-refractivity contribution in [2.45, 2.75) is 19.4 Å². The minimum atomic E-state index is -1.14. The van der Waals surface area contributed by atoms with Gasteiger partial charge in [-0.1, -0.05) is 32.0 Å². The largest absolute Gasteiger partial charge is 0.464 e. The highest BCUT2D eigenvalue weighted by Gasteiger charge is 2.37. The van der Waals surface area contributed by atoms with Gasteiger partial charge in [0.25, 0.3) is 0 Å². The van der Waals surface area contributed by atoms with Gasteiger partial charge < -0.3 is 14.5 Å². The molecule has 1 atom stereocenters. The van der Waals surface area contributed by atoms with Crippen molar-refractivity contribution < 1.29 is 9.52 Å². The van der Waals surface area contributed by atoms with Gasteiger partial charge >= 0.3 is 0 Å². The van der Waals surface area contributed by atoms with Gasteiger partial charge in [-0.15, -0.1) is 0 Å². The first-order chi connectivity index (χ1) is 10.1. The molecular weight excluding hydrogens is 264 g/mol. The van der Waals surface area contributed by atoms with Crippen molar-refractivity contribution in [2.75, 3.05) is 0 Å². The monoisotopic (exact) mass is 282 g/mol. The van der Waals surface area contributed by atoms with Crippen LogP contribution < -0.4 is 0 Å². The molecule has 2 aromatic heterocycles. The van der Waals surface area contributed by atoms with Gasteiger partial charge in [0, 0.05) is 11.8 Å². The number of nitrogens with zero attached hydrogens (tertiary/aromatic N) is 1. The van der Waals surface area contributed by atoms with Crippen LogP contribution in [-0.4, -0.2) is 15.1 Å². The van der Waals surface area contributed by atoms with Crippen LogP contribution in [0.15, 0.2) is 59.6 Å². The molecule has 4 nitrogen and oxygen atoms in total. The minimum Gasteiger partial charge on any atom is -0.464 e. The highest BCUT2D eigenvalue weighted by molar-refractivity contribution is 5.59. The summed E-state index contributed by atoms with van der Waals surface area (Å²) in [5, 5.41) is 11.2. The molecule has 3 aromatic rings. The minimum absolute atomic E-state index is 0.0207. The summed E-state index contributed by atoms with van der Waals surface area (Å²) in [7, 11) is 0. The van der Waals surface area contributed by atoms with E-state index in [0.717, 1.165) is 16.9 Å². The Morgan fingerprint density at radius 1 is 1.24 bits per heavy atom. The Balaban J connectivity index is 2.11. The van der Waals surface area contributed by atoms with Crippen molar-refractivity contribution in [1.29, 1.82) is 0 Å². The molecule has 0 spiro atoms. The van der Waals surface area contributed by atoms with E-state index in [4.69, 9.17) is 4.42 Å². The average molecular weight is 282 g/mol. The number of furan rings is 1. The Bertz CT molecular complexity index is 702. The van der Waals surface area contributed by atoms with E-state index < -0.39 is 5.60 Å². The molecule has 2 heterocycles. The lowest BCUT2D eigenvalue weighted by molar-refractivity contribution is 0.0280. The second-order valence-corrected chi connectivity index (χ2v) is 5.43. The second kappa shape index (κ2) is 5.22. The molecule has 0 aliphatic rings. The number of benzene rings is 1. The van der Waals surface area contributed by atoms with Crippen LogP contribution in [0, 0.1) is 5.92 Å². The number of hydrogen-bond acceptors (Lipinski definition) is 3. The van der Waals surface area contributed by atoms with E-state index in [-0.39, 0.29) is 5.92 Å². The van der Waals surface area contributed by atoms with Crippen molar-refractivity contribution in [3.63, 3.8) is 0 Å². The number of aromatic nitrogens is 2. The SMILES string of the molecule is CC(C)C(O)(c1cccc(-c2ccco2)c1)c1c[nH]cn1. The highest BCUT2D eigenvalue weighted by atomic mass is 16.3. The fraction of sp³-hybridized carbons (Fsp3) is 0.235. The van der Waals surface area contributed by atoms with Crippen LogP contribution in [0.1, 0.15) is 25.1 Å². The molecule has 3 rings (SSSR count). The van der Waals surface area contributed by atoms with E-state index >= 15 is 0 Å². The molecule has 21 heavy (non-hydrogen) atoms. The van der Waals surface area contributed by atoms with Crippen LogP contribution in [0.4, 0.5) is 0 Å². The first kappa shape index (κ1) is 13.6. The average Bonchev–Trinajstić information content (AvgIpc) is 3.19. The Kier molecular flexibility index (Phi) is 3.39. The van der Waals surface area contributed by atoms with Crippen molar-refractivity contribution in [3.8, 4) is 11.3 Å². The summed E-state index contributed by atoms with van der Waals surface area (Å²) in [6, 6.07) is 11.5. The normalized spacial score (nSPS) is 14.3. The number of hydrogen-bond donors (Lipinski definition) is 2. The predicted octanol–water partition coefficient (Wildman–Crippen LogP) is 3.56. The number of nitrogens with one attached hydrogen (secondary N) is 1. The van der Waals surface area contributed by atoms with E-state index in [0.29, 0.717) is 5.69 Å². The Hall–Kier alpha value is -2.33. The van der Waals surface area contributed by atoms with Gasteiger partial charge in [-0.05, 0) is 29.7 Å². The van der Waals surface area contributed by atoms with Crippen LogP contribution in [0.2, 0.25) is 0 Å². The molecule has 4 heteroatoms. The predicted molar refractivity (Wildman–Crippen MR) is 80.6 cm³/mol. The standard InChI is InChI=1S/C17H18N2O2/c1-12(2)17(20,16-10-18-11-19-16)14-6-3-5-13(9-14)15-7-4-8-21-15/h3-12,20H,1-2H3,(H,18,19). The van der Waals surface area contributed by atoms with Crippen molar-refractivity contribution in [1.82, 2.24) is 9.97 Å². The fourth-order valence-corrected chi connectivity index (χ4v) is 2.60. The Labute approximate surface area is 123 Å². The molecule has 0 aliphatic carbocycles. The fourth-order valence-electron chi connectivity index (χ4n) is 2.60. The number of imidazole rings is 1. The Morgan fingerprint density at radius 2 is 2.10 bits per heavy atom. The summed E-state index contributed by atoms with van der Waals surface area (Å²) in [4.78, 5) is 7.16. The zero-order valence-electron chi connectivity index (χ0n) is 12.1. The molecule has 1 unspecified atom stereocenters. The number of aromatic amines is 1. The number of H-pyrrole nitrogens is 1. The number of aliphatic hydroxyl groups is 1. The summed E-state index contributed by atoms with van der Waals surface area (Å²) in [6.45, 7) is 3.96. The lowest BCUT2D eigenvalue weighted by Crippen LogP contribution is -2.33. The van der Waals surface area contributed by atoms with Crippen LogP contribution in [0.25, 0.3) is 11.3 Å². The van der Waals surface area contributed by atoms with Crippen LogP contribution in [-0.2, 0) is 5.60 Å². The molecule has 0 aliphatic heterocycles. The van der Waals surface area contributed by atoms with Crippen LogP contribution in [0.5, 0.6) is 0 Å². The quantitative estimate of drug-likeness (QED) is 0.769. The van der Waals surface area contributed by atoms with Crippen LogP contribution >= 0.6 is 0 Å². The maximum absolute atomic E-state index is 11.2. The molecule has 0 saturated carbocycles. The van der Waals surface area contributed by atoms with E-state index in [1.165, 1.54) is 0 Å². The first-order valence-corrected chi connectivity index (χ1v) is 6.98. The molecule has 0 bridgehead atoms. The summed E-state index contributed by atoms with van der Waals surface area (Å²) in [6.07, 6.45) is 4.96. The van der Waals surface area contributed by atoms with Gasteiger partial charge in [0.2, 0.25) is 0 Å². The number of rotatable bonds is 4. The van der Waals surface area contributed by atoms with E-state index in [9.17, 15) is 5.11 Å². The molecule has 0 radical (unpaired) electrons. The lowest BCUT2D eigenvalue weighted by atomic mass is 9.80. The molecular formula is C17H18N2O2. The van der Waals surface area contributed by atoms with Gasteiger partial charge in [0.05, 0.1) is 18.3 Å². The molecule has 108 valence electrons.